The molecular formula is C15H21BrFN. The van der Waals surface area contributed by atoms with Gasteiger partial charge in [-0.05, 0) is 55.5 Å². The van der Waals surface area contributed by atoms with Crippen LogP contribution in [0.3, 0.4) is 0 Å². The van der Waals surface area contributed by atoms with Gasteiger partial charge in [0.15, 0.2) is 0 Å². The highest BCUT2D eigenvalue weighted by Crippen LogP contribution is 2.39. The maximum absolute atomic E-state index is 13.4. The van der Waals surface area contributed by atoms with E-state index in [4.69, 9.17) is 0 Å². The van der Waals surface area contributed by atoms with Gasteiger partial charge in [0.2, 0.25) is 0 Å². The van der Waals surface area contributed by atoms with E-state index in [1.807, 2.05) is 7.05 Å². The molecule has 3 atom stereocenters. The number of rotatable bonds is 3. The van der Waals surface area contributed by atoms with E-state index >= 15 is 0 Å². The minimum atomic E-state index is -0.155. The SMILES string of the molecule is CNC(c1cc(F)ccc1Br)C1CCCC(C)C1. The van der Waals surface area contributed by atoms with Crippen LogP contribution >= 0.6 is 15.9 Å². The lowest BCUT2D eigenvalue weighted by Crippen LogP contribution is -2.29. The summed E-state index contributed by atoms with van der Waals surface area (Å²) in [6.07, 6.45) is 5.08. The smallest absolute Gasteiger partial charge is 0.123 e. The fourth-order valence-electron chi connectivity index (χ4n) is 3.18. The summed E-state index contributed by atoms with van der Waals surface area (Å²) in [7, 11) is 1.97. The molecule has 0 radical (unpaired) electrons. The van der Waals surface area contributed by atoms with Gasteiger partial charge in [0.1, 0.15) is 5.82 Å². The molecule has 0 aliphatic heterocycles. The van der Waals surface area contributed by atoms with Crippen LogP contribution in [0.1, 0.15) is 44.2 Å². The van der Waals surface area contributed by atoms with Crippen molar-refractivity contribution in [2.24, 2.45) is 11.8 Å². The molecule has 3 heteroatoms. The molecule has 2 rings (SSSR count). The molecule has 100 valence electrons. The molecule has 1 N–H and O–H groups in total. The quantitative estimate of drug-likeness (QED) is 0.854. The summed E-state index contributed by atoms with van der Waals surface area (Å²) < 4.78 is 14.4. The molecule has 1 aromatic carbocycles. The van der Waals surface area contributed by atoms with Gasteiger partial charge in [-0.2, -0.15) is 0 Å². The zero-order valence-corrected chi connectivity index (χ0v) is 12.6. The highest BCUT2D eigenvalue weighted by atomic mass is 79.9. The number of halogens is 2. The molecule has 1 aliphatic carbocycles. The van der Waals surface area contributed by atoms with Crippen molar-refractivity contribution in [2.45, 2.75) is 38.6 Å². The Kier molecular flexibility index (Phi) is 4.79. The number of hydrogen-bond acceptors (Lipinski definition) is 1. The Morgan fingerprint density at radius 3 is 2.83 bits per heavy atom. The van der Waals surface area contributed by atoms with E-state index in [1.165, 1.54) is 31.7 Å². The predicted octanol–water partition coefficient (Wildman–Crippen LogP) is 4.68. The second kappa shape index (κ2) is 6.16. The molecule has 0 spiro atoms. The third-order valence-electron chi connectivity index (χ3n) is 4.05. The molecule has 0 saturated heterocycles. The molecule has 1 aliphatic rings. The zero-order valence-electron chi connectivity index (χ0n) is 11.0. The van der Waals surface area contributed by atoms with E-state index in [2.05, 4.69) is 28.2 Å². The fourth-order valence-corrected chi connectivity index (χ4v) is 3.68. The first-order valence-electron chi connectivity index (χ1n) is 6.74. The molecule has 1 fully saturated rings. The molecule has 1 saturated carbocycles. The Balaban J connectivity index is 2.24. The Bertz CT molecular complexity index is 407. The Hall–Kier alpha value is -0.410. The van der Waals surface area contributed by atoms with Gasteiger partial charge < -0.3 is 5.32 Å². The third kappa shape index (κ3) is 3.12. The predicted molar refractivity (Wildman–Crippen MR) is 77.0 cm³/mol. The third-order valence-corrected chi connectivity index (χ3v) is 4.77. The van der Waals surface area contributed by atoms with Crippen molar-refractivity contribution in [1.82, 2.24) is 5.32 Å². The van der Waals surface area contributed by atoms with Crippen molar-refractivity contribution in [3.63, 3.8) is 0 Å². The first-order valence-corrected chi connectivity index (χ1v) is 7.53. The lowest BCUT2D eigenvalue weighted by Gasteiger charge is -2.34. The fraction of sp³-hybridized carbons (Fsp3) is 0.600. The van der Waals surface area contributed by atoms with Gasteiger partial charge in [-0.1, -0.05) is 35.7 Å². The Morgan fingerprint density at radius 1 is 1.39 bits per heavy atom. The first-order chi connectivity index (χ1) is 8.61. The van der Waals surface area contributed by atoms with Gasteiger partial charge in [-0.3, -0.25) is 0 Å². The zero-order chi connectivity index (χ0) is 13.1. The standard InChI is InChI=1S/C15H21BrFN/c1-10-4-3-5-11(8-10)15(18-2)13-9-12(17)6-7-14(13)16/h6-7,9-11,15,18H,3-5,8H2,1-2H3. The highest BCUT2D eigenvalue weighted by Gasteiger charge is 2.28. The summed E-state index contributed by atoms with van der Waals surface area (Å²) >= 11 is 3.55. The van der Waals surface area contributed by atoms with E-state index in [0.29, 0.717) is 5.92 Å². The molecule has 18 heavy (non-hydrogen) atoms. The molecule has 3 unspecified atom stereocenters. The van der Waals surface area contributed by atoms with E-state index in [9.17, 15) is 4.39 Å². The van der Waals surface area contributed by atoms with Gasteiger partial charge in [0.05, 0.1) is 0 Å². The van der Waals surface area contributed by atoms with Crippen LogP contribution in [0.2, 0.25) is 0 Å². The first kappa shape index (κ1) is 14.0. The van der Waals surface area contributed by atoms with Gasteiger partial charge in [-0.15, -0.1) is 0 Å². The molecule has 0 aromatic heterocycles. The maximum atomic E-state index is 13.4. The normalized spacial score (nSPS) is 26.0. The van der Waals surface area contributed by atoms with Gasteiger partial charge >= 0.3 is 0 Å². The van der Waals surface area contributed by atoms with Crippen LogP contribution in [0.25, 0.3) is 0 Å². The summed E-state index contributed by atoms with van der Waals surface area (Å²) in [5.74, 6) is 1.24. The van der Waals surface area contributed by atoms with Crippen molar-refractivity contribution in [3.8, 4) is 0 Å². The number of benzene rings is 1. The van der Waals surface area contributed by atoms with E-state index in [0.717, 1.165) is 16.0 Å². The van der Waals surface area contributed by atoms with Gasteiger partial charge in [-0.25, -0.2) is 4.39 Å². The van der Waals surface area contributed by atoms with Crippen molar-refractivity contribution in [2.75, 3.05) is 7.05 Å². The second-order valence-electron chi connectivity index (χ2n) is 5.46. The average Bonchev–Trinajstić information content (AvgIpc) is 2.35. The summed E-state index contributed by atoms with van der Waals surface area (Å²) in [5.41, 5.74) is 1.05. The van der Waals surface area contributed by atoms with E-state index < -0.39 is 0 Å². The summed E-state index contributed by atoms with van der Waals surface area (Å²) in [4.78, 5) is 0. The summed E-state index contributed by atoms with van der Waals surface area (Å²) in [5, 5.41) is 3.38. The maximum Gasteiger partial charge on any atom is 0.123 e. The van der Waals surface area contributed by atoms with Gasteiger partial charge in [0, 0.05) is 10.5 Å². The molecular weight excluding hydrogens is 293 g/mol. The average molecular weight is 314 g/mol. The van der Waals surface area contributed by atoms with Crippen LogP contribution in [0.4, 0.5) is 4.39 Å². The van der Waals surface area contributed by atoms with Crippen molar-refractivity contribution < 1.29 is 4.39 Å². The Morgan fingerprint density at radius 2 is 2.17 bits per heavy atom. The van der Waals surface area contributed by atoms with Crippen molar-refractivity contribution >= 4 is 15.9 Å². The number of hydrogen-bond donors (Lipinski definition) is 1. The van der Waals surface area contributed by atoms with Crippen molar-refractivity contribution in [3.05, 3.63) is 34.1 Å². The van der Waals surface area contributed by atoms with E-state index in [1.54, 1.807) is 12.1 Å². The largest absolute Gasteiger partial charge is 0.313 e. The monoisotopic (exact) mass is 313 g/mol. The lowest BCUT2D eigenvalue weighted by atomic mass is 9.77. The lowest BCUT2D eigenvalue weighted by molar-refractivity contribution is 0.229. The minimum absolute atomic E-state index is 0.155. The van der Waals surface area contributed by atoms with E-state index in [-0.39, 0.29) is 11.9 Å². The molecule has 0 heterocycles. The van der Waals surface area contributed by atoms with Crippen LogP contribution in [-0.4, -0.2) is 7.05 Å². The van der Waals surface area contributed by atoms with Crippen molar-refractivity contribution in [1.29, 1.82) is 0 Å². The van der Waals surface area contributed by atoms with Gasteiger partial charge in [0.25, 0.3) is 0 Å². The Labute approximate surface area is 117 Å². The summed E-state index contributed by atoms with van der Waals surface area (Å²) in [6.45, 7) is 2.32. The minimum Gasteiger partial charge on any atom is -0.313 e. The summed E-state index contributed by atoms with van der Waals surface area (Å²) in [6, 6.07) is 5.22. The molecule has 1 aromatic rings. The number of nitrogens with one attached hydrogen (secondary N) is 1. The van der Waals surface area contributed by atoms with Crippen LogP contribution in [-0.2, 0) is 0 Å². The molecule has 0 bridgehead atoms. The molecule has 0 amide bonds. The highest BCUT2D eigenvalue weighted by molar-refractivity contribution is 9.10. The molecule has 1 nitrogen and oxygen atoms in total. The second-order valence-corrected chi connectivity index (χ2v) is 6.32. The van der Waals surface area contributed by atoms with Crippen LogP contribution < -0.4 is 5.32 Å². The van der Waals surface area contributed by atoms with Crippen LogP contribution in [0.5, 0.6) is 0 Å². The topological polar surface area (TPSA) is 12.0 Å². The van der Waals surface area contributed by atoms with Crippen LogP contribution in [0.15, 0.2) is 22.7 Å². The van der Waals surface area contributed by atoms with Crippen LogP contribution in [0, 0.1) is 17.7 Å².